The molecule has 3 N–H and O–H groups in total. The summed E-state index contributed by atoms with van der Waals surface area (Å²) in [6, 6.07) is 9.86. The van der Waals surface area contributed by atoms with Gasteiger partial charge in [0.2, 0.25) is 11.8 Å². The van der Waals surface area contributed by atoms with Gasteiger partial charge in [-0.05, 0) is 172 Å². The van der Waals surface area contributed by atoms with E-state index in [0.29, 0.717) is 64.7 Å². The zero-order chi connectivity index (χ0) is 61.3. The Labute approximate surface area is 638 Å². The number of aromatic nitrogens is 10. The van der Waals surface area contributed by atoms with Crippen molar-refractivity contribution in [1.82, 2.24) is 63.9 Å². The summed E-state index contributed by atoms with van der Waals surface area (Å²) < 4.78 is 73.8. The van der Waals surface area contributed by atoms with Crippen LogP contribution in [0.25, 0.3) is 11.6 Å². The Morgan fingerprint density at radius 3 is 1.50 bits per heavy atom. The van der Waals surface area contributed by atoms with E-state index in [4.69, 9.17) is 36.1 Å². The topological polar surface area (TPSA) is 307 Å². The monoisotopic (exact) mass is 1410 g/mol. The maximum Gasteiger partial charge on any atom is 1.00 e. The third-order valence-electron chi connectivity index (χ3n) is 16.8. The molecule has 33 heteroatoms. The molecule has 25 nitrogen and oxygen atoms in total. The van der Waals surface area contributed by atoms with E-state index in [2.05, 4.69) is 86.7 Å². The van der Waals surface area contributed by atoms with E-state index in [9.17, 15) is 26.4 Å². The summed E-state index contributed by atoms with van der Waals surface area (Å²) in [5.41, 5.74) is 0.837. The summed E-state index contributed by atoms with van der Waals surface area (Å²) in [7, 11) is -5.02. The van der Waals surface area contributed by atoms with E-state index in [1.54, 1.807) is 57.0 Å². The normalized spacial score (nSPS) is 22.8. The quantitative estimate of drug-likeness (QED) is 0.0448. The van der Waals surface area contributed by atoms with Crippen molar-refractivity contribution in [2.75, 3.05) is 18.0 Å². The number of aryl methyl sites for hydroxylation is 4. The van der Waals surface area contributed by atoms with Crippen LogP contribution in [0.5, 0.6) is 11.8 Å². The molecule has 6 aromatic rings. The third kappa shape index (κ3) is 19.5. The SMILES string of the molecule is C[C@@H]1CNC(C)(C)C1.Cc1nn(C)cc1S(=O)(=O)NC(=O)c1ccc(-n2ccc(O[C@H]3C[C@@H]4CC[C@H]3C4)n2)nc1Cl.Cc1nn(C)cc1S(=O)(=O)NC(=O)c1ccc(-n2ccc(O[C@H]3C[C@@H]4CC[C@H]3C4)n2)nc1N1C[C@@H](C)CC1(C)C.Cl.O=CO[O-].S.S.[H-].[K+].[K+]. The van der Waals surface area contributed by atoms with Gasteiger partial charge in [-0.1, -0.05) is 25.4 Å². The van der Waals surface area contributed by atoms with Crippen molar-refractivity contribution in [3.8, 4) is 23.4 Å². The summed E-state index contributed by atoms with van der Waals surface area (Å²) in [4.78, 5) is 48.4. The van der Waals surface area contributed by atoms with Crippen molar-refractivity contribution in [2.45, 2.75) is 153 Å². The average molecular weight is 1420 g/mol. The van der Waals surface area contributed by atoms with Gasteiger partial charge in [-0.15, -0.1) is 22.6 Å². The molecule has 2 aliphatic heterocycles. The van der Waals surface area contributed by atoms with Gasteiger partial charge in [0.15, 0.2) is 11.6 Å². The fourth-order valence-electron chi connectivity index (χ4n) is 13.2. The number of carbonyl (C=O) groups is 3. The number of sulfonamides is 2. The molecule has 4 bridgehead atoms. The second kappa shape index (κ2) is 33.3. The Kier molecular flexibility index (Phi) is 29.5. The molecule has 4 aliphatic carbocycles. The second-order valence-electron chi connectivity index (χ2n) is 24.8. The summed E-state index contributed by atoms with van der Waals surface area (Å²) >= 11 is 6.22. The number of carbonyl (C=O) groups excluding carboxylic acids is 3. The maximum absolute atomic E-state index is 13.5. The number of fused-ring (bicyclic) bond motifs is 4. The minimum Gasteiger partial charge on any atom is -1.00 e. The van der Waals surface area contributed by atoms with Crippen LogP contribution in [0.4, 0.5) is 5.82 Å². The van der Waals surface area contributed by atoms with Crippen LogP contribution in [0.1, 0.15) is 139 Å². The second-order valence-corrected chi connectivity index (χ2v) is 28.4. The van der Waals surface area contributed by atoms with Crippen molar-refractivity contribution in [3.63, 3.8) is 0 Å². The molecular formula is C57H82Cl2K2N14O11S4. The van der Waals surface area contributed by atoms with E-state index in [0.717, 1.165) is 37.0 Å². The summed E-state index contributed by atoms with van der Waals surface area (Å²) in [6.45, 7) is 18.0. The van der Waals surface area contributed by atoms with Crippen LogP contribution in [0.3, 0.4) is 0 Å². The molecule has 6 aliphatic rings. The number of rotatable bonds is 14. The molecule has 0 radical (unpaired) electrons. The van der Waals surface area contributed by atoms with Gasteiger partial charge in [0, 0.05) is 68.6 Å². The number of nitrogens with one attached hydrogen (secondary N) is 3. The average Bonchev–Trinajstić information content (AvgIpc) is 1.84. The molecule has 4 saturated carbocycles. The van der Waals surface area contributed by atoms with Gasteiger partial charge in [-0.2, -0.15) is 37.2 Å². The molecule has 90 heavy (non-hydrogen) atoms. The molecule has 2 amide bonds. The molecule has 2 saturated heterocycles. The molecule has 6 fully saturated rings. The third-order valence-corrected chi connectivity index (χ3v) is 20.0. The van der Waals surface area contributed by atoms with Gasteiger partial charge in [0.25, 0.3) is 38.3 Å². The van der Waals surface area contributed by atoms with E-state index in [1.807, 2.05) is 17.0 Å². The molecule has 8 atom stereocenters. The van der Waals surface area contributed by atoms with E-state index < -0.39 is 31.9 Å². The fraction of sp³-hybridized carbons (Fsp3) is 0.561. The standard InChI is InChI=1S/C28H37N7O4S.C21H23ClN6O4S.C7H15N.CH2O3.ClH.2K.2H2S.H/c1-17-14-28(3,4)34(15-17)26-21(27(36)32-40(37,38)23-16-33(5)30-18(23)2)8-9-24(29-26)35-11-10-25(31-35)39-22-13-19-6-7-20(22)12-19;1-12-17(11-27(2)24-12)33(30,31)26-21(29)15-5-6-18(23-20(15)22)28-8-7-19(25-28)32-16-10-13-3-4-14(16)9-13;1-6-4-7(2,3)8-5-6;2-1-4-3;;;;;;/h8-11,16-17,19-20,22H,6-7,12-15H2,1-5H3,(H,32,36);5-8,11,13-14,16H,3-4,9-10H2,1-2H3,(H,26,29);6,8H,4-5H2,1-3H3;1,3H;1H;;;2*1H2;/q;;;;;2*+1;;;-1/p-1/t17-,19+,20-,22-;13-,14+,16+;6-;;;;;;;/m010......./s1. The number of ether oxygens (including phenoxy) is 2. The molecule has 0 aromatic carbocycles. The Bertz CT molecular complexity index is 3670. The summed E-state index contributed by atoms with van der Waals surface area (Å²) in [5, 5.41) is 28.9. The summed E-state index contributed by atoms with van der Waals surface area (Å²) in [5.74, 6) is 4.81. The van der Waals surface area contributed by atoms with Crippen molar-refractivity contribution >= 4 is 95.2 Å². The molecule has 12 rings (SSSR count). The number of amides is 2. The number of pyridine rings is 2. The van der Waals surface area contributed by atoms with Crippen LogP contribution in [-0.4, -0.2) is 121 Å². The smallest absolute Gasteiger partial charge is 1.00 e. The first kappa shape index (κ1) is 79.8. The van der Waals surface area contributed by atoms with Gasteiger partial charge < -0.3 is 31.3 Å². The van der Waals surface area contributed by atoms with Crippen molar-refractivity contribution in [3.05, 3.63) is 88.9 Å². The van der Waals surface area contributed by atoms with Crippen molar-refractivity contribution in [1.29, 1.82) is 0 Å². The zero-order valence-corrected chi connectivity index (χ0v) is 64.4. The maximum atomic E-state index is 13.5. The number of hydrogen-bond acceptors (Lipinski definition) is 19. The Morgan fingerprint density at radius 2 is 1.16 bits per heavy atom. The van der Waals surface area contributed by atoms with Crippen molar-refractivity contribution < 1.29 is 155 Å². The summed E-state index contributed by atoms with van der Waals surface area (Å²) in [6.07, 6.45) is 18.6. The molecular weight excluding hydrogens is 1330 g/mol. The minimum absolute atomic E-state index is 0. The first-order valence-corrected chi connectivity index (χ1v) is 32.0. The Hall–Kier alpha value is -2.68. The number of nitrogens with zero attached hydrogens (tertiary/aromatic N) is 11. The number of hydrogen-bond donors (Lipinski definition) is 3. The van der Waals surface area contributed by atoms with E-state index >= 15 is 0 Å². The van der Waals surface area contributed by atoms with Gasteiger partial charge in [-0.25, -0.2) is 45.6 Å². The Morgan fingerprint density at radius 1 is 0.700 bits per heavy atom. The molecule has 0 spiro atoms. The molecule has 6 aromatic heterocycles. The van der Waals surface area contributed by atoms with E-state index in [1.165, 1.54) is 90.1 Å². The van der Waals surface area contributed by atoms with Gasteiger partial charge in [0.1, 0.15) is 33.0 Å². The van der Waals surface area contributed by atoms with E-state index in [-0.39, 0.29) is 200 Å². The largest absolute Gasteiger partial charge is 1.00 e. The van der Waals surface area contributed by atoms with Crippen molar-refractivity contribution in [2.24, 2.45) is 49.6 Å². The van der Waals surface area contributed by atoms with Crippen LogP contribution < -0.4 is 137 Å². The fourth-order valence-corrected chi connectivity index (χ4v) is 15.8. The zero-order valence-electron chi connectivity index (χ0n) is 54.0. The first-order chi connectivity index (χ1) is 40.1. The van der Waals surface area contributed by atoms with Gasteiger partial charge >= 0.3 is 103 Å². The minimum atomic E-state index is -4.13. The predicted molar refractivity (Wildman–Crippen MR) is 340 cm³/mol. The number of halogens is 2. The molecule has 0 unspecified atom stereocenters. The Balaban J connectivity index is 0.000000384. The van der Waals surface area contributed by atoms with Crippen LogP contribution in [0.15, 0.2) is 71.0 Å². The number of anilines is 1. The van der Waals surface area contributed by atoms with Gasteiger partial charge in [0.05, 0.1) is 22.5 Å². The first-order valence-electron chi connectivity index (χ1n) is 28.6. The predicted octanol–water partition coefficient (Wildman–Crippen LogP) is 0.866. The molecule has 486 valence electrons. The van der Waals surface area contributed by atoms with Crippen LogP contribution in [-0.2, 0) is 43.8 Å². The van der Waals surface area contributed by atoms with Crippen LogP contribution in [0, 0.1) is 49.4 Å². The van der Waals surface area contributed by atoms with Crippen LogP contribution in [0.2, 0.25) is 5.15 Å². The van der Waals surface area contributed by atoms with Crippen LogP contribution >= 0.6 is 51.0 Å². The van der Waals surface area contributed by atoms with Gasteiger partial charge in [-0.3, -0.25) is 23.7 Å². The molecule has 8 heterocycles.